The fourth-order valence-corrected chi connectivity index (χ4v) is 6.34. The van der Waals surface area contributed by atoms with E-state index in [0.29, 0.717) is 24.0 Å². The van der Waals surface area contributed by atoms with Crippen LogP contribution in [0.5, 0.6) is 5.88 Å². The SMILES string of the molecule is CC(C)c1cc(C(C)C)c(S(=O)(=O)Oc2nn(C)c(=O)c3cc(=O)n(C4CC(O)C4)cc23)c(C(C)C)c1. The van der Waals surface area contributed by atoms with E-state index in [2.05, 4.69) is 18.9 Å². The van der Waals surface area contributed by atoms with Crippen LogP contribution < -0.4 is 15.3 Å². The summed E-state index contributed by atoms with van der Waals surface area (Å²) >= 11 is 0. The Morgan fingerprint density at radius 3 is 2.00 bits per heavy atom. The van der Waals surface area contributed by atoms with Gasteiger partial charge in [-0.05, 0) is 47.3 Å². The number of benzene rings is 1. The van der Waals surface area contributed by atoms with Gasteiger partial charge in [0.05, 0.1) is 16.9 Å². The van der Waals surface area contributed by atoms with E-state index < -0.39 is 27.3 Å². The fraction of sp³-hybridized carbons (Fsp3) is 0.519. The number of rotatable bonds is 7. The maximum Gasteiger partial charge on any atom is 0.341 e. The van der Waals surface area contributed by atoms with E-state index >= 15 is 0 Å². The first-order chi connectivity index (χ1) is 17.2. The van der Waals surface area contributed by atoms with Gasteiger partial charge in [-0.3, -0.25) is 9.59 Å². The number of hydrogen-bond donors (Lipinski definition) is 1. The van der Waals surface area contributed by atoms with Crippen LogP contribution in [-0.2, 0) is 17.2 Å². The number of pyridine rings is 1. The lowest BCUT2D eigenvalue weighted by atomic mass is 9.89. The van der Waals surface area contributed by atoms with Crippen LogP contribution >= 0.6 is 0 Å². The maximum atomic E-state index is 13.9. The fourth-order valence-electron chi connectivity index (χ4n) is 4.76. The van der Waals surface area contributed by atoms with Crippen molar-refractivity contribution in [3.05, 3.63) is 61.8 Å². The normalized spacial score (nSPS) is 18.1. The van der Waals surface area contributed by atoms with E-state index in [-0.39, 0.29) is 45.3 Å². The van der Waals surface area contributed by atoms with Crippen molar-refractivity contribution in [3.8, 4) is 5.88 Å². The van der Waals surface area contributed by atoms with Gasteiger partial charge in [0.2, 0.25) is 0 Å². The highest BCUT2D eigenvalue weighted by Crippen LogP contribution is 2.37. The van der Waals surface area contributed by atoms with E-state index in [1.807, 2.05) is 39.8 Å². The van der Waals surface area contributed by atoms with Gasteiger partial charge in [-0.1, -0.05) is 53.7 Å². The van der Waals surface area contributed by atoms with Gasteiger partial charge in [-0.2, -0.15) is 8.42 Å². The van der Waals surface area contributed by atoms with Gasteiger partial charge in [0.15, 0.2) is 0 Å². The quantitative estimate of drug-likeness (QED) is 0.461. The van der Waals surface area contributed by atoms with Crippen molar-refractivity contribution in [2.24, 2.45) is 7.05 Å². The molecule has 4 rings (SSSR count). The van der Waals surface area contributed by atoms with Crippen molar-refractivity contribution in [2.75, 3.05) is 0 Å². The third-order valence-electron chi connectivity index (χ3n) is 7.08. The van der Waals surface area contributed by atoms with Crippen molar-refractivity contribution in [1.29, 1.82) is 0 Å². The molecule has 0 bridgehead atoms. The maximum absolute atomic E-state index is 13.9. The second-order valence-electron chi connectivity index (χ2n) is 10.9. The molecule has 1 aliphatic rings. The molecule has 0 saturated heterocycles. The Morgan fingerprint density at radius 1 is 0.946 bits per heavy atom. The lowest BCUT2D eigenvalue weighted by Gasteiger charge is -2.33. The Kier molecular flexibility index (Phi) is 7.11. The van der Waals surface area contributed by atoms with E-state index in [9.17, 15) is 23.1 Å². The summed E-state index contributed by atoms with van der Waals surface area (Å²) in [5.41, 5.74) is 1.41. The summed E-state index contributed by atoms with van der Waals surface area (Å²) in [4.78, 5) is 25.6. The Balaban J connectivity index is 1.93. The van der Waals surface area contributed by atoms with Crippen LogP contribution in [0.1, 0.15) is 94.9 Å². The Labute approximate surface area is 216 Å². The van der Waals surface area contributed by atoms with Crippen LogP contribution in [0.2, 0.25) is 0 Å². The summed E-state index contributed by atoms with van der Waals surface area (Å²) in [6.07, 6.45) is 1.72. The Bertz CT molecular complexity index is 1550. The zero-order valence-electron chi connectivity index (χ0n) is 22.3. The van der Waals surface area contributed by atoms with Crippen LogP contribution in [-0.4, -0.2) is 34.0 Å². The zero-order chi connectivity index (χ0) is 27.4. The van der Waals surface area contributed by atoms with Crippen molar-refractivity contribution >= 4 is 20.9 Å². The molecule has 1 saturated carbocycles. The van der Waals surface area contributed by atoms with Gasteiger partial charge in [0.25, 0.3) is 17.0 Å². The molecule has 1 N–H and O–H groups in total. The molecule has 0 amide bonds. The Hall–Kier alpha value is -2.98. The summed E-state index contributed by atoms with van der Waals surface area (Å²) in [5, 5.41) is 14.0. The topological polar surface area (TPSA) is 120 Å². The summed E-state index contributed by atoms with van der Waals surface area (Å²) in [6.45, 7) is 11.9. The molecule has 1 aromatic carbocycles. The van der Waals surface area contributed by atoms with Gasteiger partial charge >= 0.3 is 10.1 Å². The van der Waals surface area contributed by atoms with E-state index in [1.165, 1.54) is 23.9 Å². The molecule has 2 aromatic heterocycles. The molecule has 0 spiro atoms. The highest BCUT2D eigenvalue weighted by Gasteiger charge is 2.32. The van der Waals surface area contributed by atoms with E-state index in [4.69, 9.17) is 4.18 Å². The molecule has 0 atom stereocenters. The van der Waals surface area contributed by atoms with Crippen molar-refractivity contribution in [3.63, 3.8) is 0 Å². The molecule has 0 unspecified atom stereocenters. The molecule has 37 heavy (non-hydrogen) atoms. The van der Waals surface area contributed by atoms with Gasteiger partial charge in [0.1, 0.15) is 4.90 Å². The highest BCUT2D eigenvalue weighted by atomic mass is 32.2. The van der Waals surface area contributed by atoms with E-state index in [1.54, 1.807) is 0 Å². The number of hydrogen-bond acceptors (Lipinski definition) is 7. The standard InChI is InChI=1S/C27H35N3O6S/c1-14(2)17-8-20(15(3)4)25(21(9-17)16(5)6)37(34,35)36-26-23-13-30(18-10-19(31)11-18)24(32)12-22(23)27(33)29(7)28-26/h8-9,12-16,18-19,31H,10-11H2,1-7H3. The van der Waals surface area contributed by atoms with Gasteiger partial charge in [-0.25, -0.2) is 4.68 Å². The average molecular weight is 530 g/mol. The largest absolute Gasteiger partial charge is 0.393 e. The number of aliphatic hydroxyl groups is 1. The second-order valence-corrected chi connectivity index (χ2v) is 12.4. The third kappa shape index (κ3) is 4.96. The van der Waals surface area contributed by atoms with Crippen LogP contribution in [0, 0.1) is 0 Å². The molecule has 1 aliphatic carbocycles. The smallest absolute Gasteiger partial charge is 0.341 e. The van der Waals surface area contributed by atoms with Crippen LogP contribution in [0.15, 0.2) is 38.9 Å². The van der Waals surface area contributed by atoms with Crippen LogP contribution in [0.4, 0.5) is 0 Å². The second kappa shape index (κ2) is 9.72. The number of aliphatic hydroxyl groups excluding tert-OH is 1. The monoisotopic (exact) mass is 529 g/mol. The Morgan fingerprint density at radius 2 is 1.51 bits per heavy atom. The molecule has 2 heterocycles. The molecule has 9 nitrogen and oxygen atoms in total. The summed E-state index contributed by atoms with van der Waals surface area (Å²) < 4.78 is 35.9. The number of aromatic nitrogens is 3. The van der Waals surface area contributed by atoms with Crippen molar-refractivity contribution < 1.29 is 17.7 Å². The van der Waals surface area contributed by atoms with Gasteiger partial charge in [0, 0.05) is 25.4 Å². The number of fused-ring (bicyclic) bond motifs is 1. The van der Waals surface area contributed by atoms with Crippen LogP contribution in [0.25, 0.3) is 10.8 Å². The lowest BCUT2D eigenvalue weighted by Crippen LogP contribution is -2.36. The highest BCUT2D eigenvalue weighted by molar-refractivity contribution is 7.87. The van der Waals surface area contributed by atoms with Crippen molar-refractivity contribution in [2.45, 2.75) is 89.2 Å². The number of aryl methyl sites for hydroxylation is 1. The molecule has 200 valence electrons. The van der Waals surface area contributed by atoms with Crippen molar-refractivity contribution in [1.82, 2.24) is 14.3 Å². The van der Waals surface area contributed by atoms with Gasteiger partial charge in [-0.15, -0.1) is 5.10 Å². The van der Waals surface area contributed by atoms with Gasteiger partial charge < -0.3 is 13.9 Å². The molecule has 3 aromatic rings. The number of nitrogens with zero attached hydrogens (tertiary/aromatic N) is 3. The first-order valence-electron chi connectivity index (χ1n) is 12.6. The summed E-state index contributed by atoms with van der Waals surface area (Å²) in [6, 6.07) is 4.77. The summed E-state index contributed by atoms with van der Waals surface area (Å²) in [5.74, 6) is -0.249. The summed E-state index contributed by atoms with van der Waals surface area (Å²) in [7, 11) is -3.00. The first-order valence-corrected chi connectivity index (χ1v) is 14.1. The average Bonchev–Trinajstić information content (AvgIpc) is 2.79. The minimum absolute atomic E-state index is 0.0205. The first kappa shape index (κ1) is 27.1. The van der Waals surface area contributed by atoms with E-state index in [0.717, 1.165) is 10.2 Å². The minimum Gasteiger partial charge on any atom is -0.393 e. The molecule has 0 aliphatic heterocycles. The molecular formula is C27H35N3O6S. The molecule has 1 fully saturated rings. The third-order valence-corrected chi connectivity index (χ3v) is 8.42. The predicted octanol–water partition coefficient (Wildman–Crippen LogP) is 3.93. The minimum atomic E-state index is -4.38. The molecule has 10 heteroatoms. The lowest BCUT2D eigenvalue weighted by molar-refractivity contribution is 0.0473. The predicted molar refractivity (Wildman–Crippen MR) is 142 cm³/mol. The zero-order valence-corrected chi connectivity index (χ0v) is 23.2. The molecule has 0 radical (unpaired) electrons. The van der Waals surface area contributed by atoms with Crippen LogP contribution in [0.3, 0.4) is 0 Å². The molecular weight excluding hydrogens is 494 g/mol.